The molecule has 7 nitrogen and oxygen atoms in total. The van der Waals surface area contributed by atoms with Crippen molar-refractivity contribution in [2.45, 2.75) is 30.6 Å². The molecule has 1 aliphatic heterocycles. The molecule has 30 heavy (non-hydrogen) atoms. The van der Waals surface area contributed by atoms with E-state index in [1.165, 1.54) is 4.31 Å². The van der Waals surface area contributed by atoms with Crippen molar-refractivity contribution < 1.29 is 17.7 Å². The van der Waals surface area contributed by atoms with Crippen molar-refractivity contribution in [2.75, 3.05) is 20.2 Å². The Morgan fingerprint density at radius 1 is 1.23 bits per heavy atom. The largest absolute Gasteiger partial charge is 0.497 e. The predicted octanol–water partition coefficient (Wildman–Crippen LogP) is 4.28. The summed E-state index contributed by atoms with van der Waals surface area (Å²) in [5.74, 6) is 1.43. The fraction of sp³-hybridized carbons (Fsp3) is 0.333. The number of sulfonamides is 1. The topological polar surface area (TPSA) is 85.5 Å². The Hall–Kier alpha value is -2.42. The van der Waals surface area contributed by atoms with Gasteiger partial charge in [0.05, 0.1) is 17.9 Å². The SMILES string of the molecule is COc1cccc(-c2noc([C@@H]3CCCN(S(=O)(=O)c4cccc(Cl)c4C)C3)n2)c1. The van der Waals surface area contributed by atoms with Gasteiger partial charge in [-0.05, 0) is 49.6 Å². The smallest absolute Gasteiger partial charge is 0.243 e. The van der Waals surface area contributed by atoms with E-state index in [4.69, 9.17) is 20.9 Å². The second-order valence-electron chi connectivity index (χ2n) is 7.25. The fourth-order valence-electron chi connectivity index (χ4n) is 3.65. The number of aromatic nitrogens is 2. The molecule has 158 valence electrons. The Labute approximate surface area is 180 Å². The van der Waals surface area contributed by atoms with Crippen LogP contribution in [0.4, 0.5) is 0 Å². The van der Waals surface area contributed by atoms with Crippen molar-refractivity contribution in [3.05, 3.63) is 58.9 Å². The van der Waals surface area contributed by atoms with Crippen LogP contribution in [-0.2, 0) is 10.0 Å². The van der Waals surface area contributed by atoms with Gasteiger partial charge in [-0.1, -0.05) is 35.0 Å². The van der Waals surface area contributed by atoms with Crippen molar-refractivity contribution in [3.63, 3.8) is 0 Å². The number of ether oxygens (including phenoxy) is 1. The molecule has 0 spiro atoms. The molecule has 0 saturated carbocycles. The third-order valence-electron chi connectivity index (χ3n) is 5.34. The molecule has 1 aromatic heterocycles. The maximum atomic E-state index is 13.2. The number of rotatable bonds is 5. The summed E-state index contributed by atoms with van der Waals surface area (Å²) in [7, 11) is -2.07. The molecule has 2 heterocycles. The average Bonchev–Trinajstić information content (AvgIpc) is 3.26. The van der Waals surface area contributed by atoms with Crippen LogP contribution in [-0.4, -0.2) is 43.1 Å². The van der Waals surface area contributed by atoms with Crippen LogP contribution >= 0.6 is 11.6 Å². The lowest BCUT2D eigenvalue weighted by Crippen LogP contribution is -2.39. The summed E-state index contributed by atoms with van der Waals surface area (Å²) in [6.07, 6.45) is 1.49. The van der Waals surface area contributed by atoms with Crippen molar-refractivity contribution in [2.24, 2.45) is 0 Å². The second-order valence-corrected chi connectivity index (χ2v) is 9.57. The van der Waals surface area contributed by atoms with Gasteiger partial charge in [-0.25, -0.2) is 8.42 Å². The average molecular weight is 448 g/mol. The van der Waals surface area contributed by atoms with E-state index in [1.54, 1.807) is 32.2 Å². The van der Waals surface area contributed by atoms with E-state index in [0.717, 1.165) is 12.0 Å². The number of halogens is 1. The van der Waals surface area contributed by atoms with Gasteiger partial charge in [-0.3, -0.25) is 0 Å². The molecule has 1 fully saturated rings. The predicted molar refractivity (Wildman–Crippen MR) is 113 cm³/mol. The summed E-state index contributed by atoms with van der Waals surface area (Å²) in [5.41, 5.74) is 1.33. The molecule has 0 unspecified atom stereocenters. The highest BCUT2D eigenvalue weighted by Crippen LogP contribution is 2.33. The van der Waals surface area contributed by atoms with Crippen LogP contribution in [0.5, 0.6) is 5.75 Å². The van der Waals surface area contributed by atoms with E-state index >= 15 is 0 Å². The number of nitrogens with zero attached hydrogens (tertiary/aromatic N) is 3. The number of hydrogen-bond donors (Lipinski definition) is 0. The quantitative estimate of drug-likeness (QED) is 0.580. The molecule has 4 rings (SSSR count). The molecular formula is C21H22ClN3O4S. The first-order valence-electron chi connectivity index (χ1n) is 9.63. The minimum absolute atomic E-state index is 0.167. The summed E-state index contributed by atoms with van der Waals surface area (Å²) >= 11 is 6.14. The van der Waals surface area contributed by atoms with Gasteiger partial charge in [-0.15, -0.1) is 0 Å². The number of hydrogen-bond acceptors (Lipinski definition) is 6. The maximum absolute atomic E-state index is 13.2. The van der Waals surface area contributed by atoms with Gasteiger partial charge >= 0.3 is 0 Å². The van der Waals surface area contributed by atoms with Gasteiger partial charge in [0.25, 0.3) is 0 Å². The van der Waals surface area contributed by atoms with Crippen molar-refractivity contribution in [1.82, 2.24) is 14.4 Å². The Morgan fingerprint density at radius 2 is 2.03 bits per heavy atom. The molecule has 0 aliphatic carbocycles. The van der Waals surface area contributed by atoms with Gasteiger partial charge in [0.2, 0.25) is 21.7 Å². The van der Waals surface area contributed by atoms with Gasteiger partial charge in [0.15, 0.2) is 0 Å². The van der Waals surface area contributed by atoms with E-state index in [1.807, 2.05) is 24.3 Å². The summed E-state index contributed by atoms with van der Waals surface area (Å²) in [5, 5.41) is 4.52. The summed E-state index contributed by atoms with van der Waals surface area (Å²) in [6.45, 7) is 2.45. The molecule has 0 amide bonds. The first-order chi connectivity index (χ1) is 14.4. The summed E-state index contributed by atoms with van der Waals surface area (Å²) < 4.78 is 38.7. The van der Waals surface area contributed by atoms with E-state index in [0.29, 0.717) is 41.0 Å². The Kier molecular flexibility index (Phi) is 5.81. The third kappa shape index (κ3) is 3.95. The highest BCUT2D eigenvalue weighted by atomic mass is 35.5. The molecule has 0 N–H and O–H groups in total. The van der Waals surface area contributed by atoms with Crippen LogP contribution in [0.1, 0.15) is 30.2 Å². The summed E-state index contributed by atoms with van der Waals surface area (Å²) in [6, 6.07) is 12.3. The second kappa shape index (κ2) is 8.37. The van der Waals surface area contributed by atoms with E-state index in [-0.39, 0.29) is 17.4 Å². The fourth-order valence-corrected chi connectivity index (χ4v) is 5.65. The Morgan fingerprint density at radius 3 is 2.83 bits per heavy atom. The molecule has 0 radical (unpaired) electrons. The molecule has 1 atom stereocenters. The normalized spacial score (nSPS) is 17.8. The maximum Gasteiger partial charge on any atom is 0.243 e. The van der Waals surface area contributed by atoms with Gasteiger partial charge < -0.3 is 9.26 Å². The minimum Gasteiger partial charge on any atom is -0.497 e. The zero-order valence-electron chi connectivity index (χ0n) is 16.7. The van der Waals surface area contributed by atoms with Crippen molar-refractivity contribution in [1.29, 1.82) is 0 Å². The molecule has 9 heteroatoms. The van der Waals surface area contributed by atoms with E-state index in [2.05, 4.69) is 10.1 Å². The molecular weight excluding hydrogens is 426 g/mol. The lowest BCUT2D eigenvalue weighted by Gasteiger charge is -2.30. The van der Waals surface area contributed by atoms with Crippen LogP contribution in [0.25, 0.3) is 11.4 Å². The monoisotopic (exact) mass is 447 g/mol. The molecule has 2 aromatic carbocycles. The lowest BCUT2D eigenvalue weighted by molar-refractivity contribution is 0.265. The van der Waals surface area contributed by atoms with Crippen molar-refractivity contribution in [3.8, 4) is 17.1 Å². The van der Waals surface area contributed by atoms with Crippen LogP contribution in [0.15, 0.2) is 51.9 Å². The first kappa shape index (κ1) is 20.8. The van der Waals surface area contributed by atoms with Crippen LogP contribution < -0.4 is 4.74 Å². The van der Waals surface area contributed by atoms with Crippen molar-refractivity contribution >= 4 is 21.6 Å². The Bertz CT molecular complexity index is 1160. The van der Waals surface area contributed by atoms with Crippen LogP contribution in [0, 0.1) is 6.92 Å². The highest BCUT2D eigenvalue weighted by Gasteiger charge is 2.34. The number of benzene rings is 2. The van der Waals surface area contributed by atoms with Gasteiger partial charge in [0, 0.05) is 23.7 Å². The van der Waals surface area contributed by atoms with Crippen LogP contribution in [0.3, 0.4) is 0 Å². The number of piperidine rings is 1. The zero-order valence-corrected chi connectivity index (χ0v) is 18.3. The standard InChI is InChI=1S/C21H22ClN3O4S/c1-14-18(22)9-4-10-19(14)30(26,27)25-11-5-7-16(13-25)21-23-20(24-29-21)15-6-3-8-17(12-15)28-2/h3-4,6,8-10,12,16H,5,7,11,13H2,1-2H3/t16-/m1/s1. The zero-order chi connectivity index (χ0) is 21.3. The third-order valence-corrected chi connectivity index (χ3v) is 7.76. The first-order valence-corrected chi connectivity index (χ1v) is 11.4. The molecule has 1 aliphatic rings. The van der Waals surface area contributed by atoms with E-state index < -0.39 is 10.0 Å². The van der Waals surface area contributed by atoms with Crippen LogP contribution in [0.2, 0.25) is 5.02 Å². The molecule has 0 bridgehead atoms. The Balaban J connectivity index is 1.57. The summed E-state index contributed by atoms with van der Waals surface area (Å²) in [4.78, 5) is 4.76. The minimum atomic E-state index is -3.67. The van der Waals surface area contributed by atoms with E-state index in [9.17, 15) is 8.42 Å². The highest BCUT2D eigenvalue weighted by molar-refractivity contribution is 7.89. The van der Waals surface area contributed by atoms with Gasteiger partial charge in [0.1, 0.15) is 5.75 Å². The lowest BCUT2D eigenvalue weighted by atomic mass is 10.00. The molecule has 3 aromatic rings. The van der Waals surface area contributed by atoms with Gasteiger partial charge in [-0.2, -0.15) is 9.29 Å². The molecule has 1 saturated heterocycles. The number of methoxy groups -OCH3 is 1.